The number of hydrogen-bond donors (Lipinski definition) is 1. The predicted molar refractivity (Wildman–Crippen MR) is 106 cm³/mol. The van der Waals surface area contributed by atoms with Crippen LogP contribution in [0.15, 0.2) is 42.6 Å². The Labute approximate surface area is 155 Å². The highest BCUT2D eigenvalue weighted by molar-refractivity contribution is 6.06. The maximum atomic E-state index is 12.6. The number of hydrogen-bond acceptors (Lipinski definition) is 5. The summed E-state index contributed by atoms with van der Waals surface area (Å²) < 4.78 is 5.76. The van der Waals surface area contributed by atoms with E-state index in [0.717, 1.165) is 25.5 Å². The molecular formula is C20H28N4O2. The Bertz CT molecular complexity index is 697. The molecule has 0 aliphatic carbocycles. The third-order valence-electron chi connectivity index (χ3n) is 4.02. The number of likely N-dealkylation sites (N-methyl/N-ethyl adjacent to an activating group) is 1. The first kappa shape index (κ1) is 19.7. The van der Waals surface area contributed by atoms with E-state index in [1.165, 1.54) is 0 Å². The topological polar surface area (TPSA) is 57.7 Å². The number of anilines is 2. The molecule has 2 aromatic rings. The Morgan fingerprint density at radius 3 is 2.46 bits per heavy atom. The van der Waals surface area contributed by atoms with Crippen LogP contribution in [0.1, 0.15) is 24.2 Å². The smallest absolute Gasteiger partial charge is 0.259 e. The average molecular weight is 356 g/mol. The van der Waals surface area contributed by atoms with Crippen molar-refractivity contribution in [1.82, 2.24) is 9.88 Å². The molecule has 0 atom stereocenters. The van der Waals surface area contributed by atoms with Gasteiger partial charge in [-0.1, -0.05) is 12.1 Å². The maximum Gasteiger partial charge on any atom is 0.259 e. The Kier molecular flexibility index (Phi) is 7.41. The minimum atomic E-state index is -0.206. The largest absolute Gasteiger partial charge is 0.491 e. The first-order valence-electron chi connectivity index (χ1n) is 8.94. The first-order chi connectivity index (χ1) is 12.5. The Balaban J connectivity index is 2.05. The molecule has 1 aromatic carbocycles. The number of aromatic nitrogens is 1. The van der Waals surface area contributed by atoms with Crippen molar-refractivity contribution in [1.29, 1.82) is 0 Å². The molecule has 1 heterocycles. The zero-order valence-corrected chi connectivity index (χ0v) is 16.0. The van der Waals surface area contributed by atoms with Crippen LogP contribution in [0.2, 0.25) is 0 Å². The first-order valence-corrected chi connectivity index (χ1v) is 8.94. The molecule has 140 valence electrons. The lowest BCUT2D eigenvalue weighted by Crippen LogP contribution is -2.23. The second-order valence-corrected chi connectivity index (χ2v) is 6.18. The van der Waals surface area contributed by atoms with E-state index in [0.29, 0.717) is 23.6 Å². The van der Waals surface area contributed by atoms with Crippen LogP contribution < -0.4 is 15.0 Å². The molecular weight excluding hydrogens is 328 g/mol. The normalized spacial score (nSPS) is 10.7. The third kappa shape index (κ3) is 5.46. The van der Waals surface area contributed by atoms with Crippen LogP contribution in [-0.2, 0) is 0 Å². The van der Waals surface area contributed by atoms with E-state index in [-0.39, 0.29) is 5.91 Å². The number of pyridine rings is 1. The zero-order valence-electron chi connectivity index (χ0n) is 16.0. The molecule has 0 aliphatic rings. The van der Waals surface area contributed by atoms with E-state index in [1.807, 2.05) is 49.3 Å². The molecule has 0 saturated heterocycles. The number of nitrogens with one attached hydrogen (secondary N) is 1. The summed E-state index contributed by atoms with van der Waals surface area (Å²) in [6.07, 6.45) is 1.68. The van der Waals surface area contributed by atoms with Gasteiger partial charge in [0.15, 0.2) is 0 Å². The molecule has 0 fully saturated rings. The molecule has 1 amide bonds. The second-order valence-electron chi connectivity index (χ2n) is 6.18. The molecule has 0 unspecified atom stereocenters. The standard InChI is InChI=1S/C20H28N4O2/c1-5-24(6-2)19-12-11-16(15-21-19)22-20(25)17-9-7-8-10-18(17)26-14-13-23(3)4/h7-12,15H,5-6,13-14H2,1-4H3,(H,22,25). The number of carbonyl (C=O) groups is 1. The van der Waals surface area contributed by atoms with E-state index < -0.39 is 0 Å². The third-order valence-corrected chi connectivity index (χ3v) is 4.02. The molecule has 1 N–H and O–H groups in total. The van der Waals surface area contributed by atoms with Crippen LogP contribution in [0.4, 0.5) is 11.5 Å². The summed E-state index contributed by atoms with van der Waals surface area (Å²) in [5.41, 5.74) is 1.17. The fraction of sp³-hybridized carbons (Fsp3) is 0.400. The Morgan fingerprint density at radius 2 is 1.85 bits per heavy atom. The van der Waals surface area contributed by atoms with Gasteiger partial charge in [0, 0.05) is 19.6 Å². The molecule has 1 aromatic heterocycles. The number of ether oxygens (including phenoxy) is 1. The zero-order chi connectivity index (χ0) is 18.9. The molecule has 0 spiro atoms. The highest BCUT2D eigenvalue weighted by atomic mass is 16.5. The molecule has 0 radical (unpaired) electrons. The lowest BCUT2D eigenvalue weighted by atomic mass is 10.2. The lowest BCUT2D eigenvalue weighted by Gasteiger charge is -2.19. The molecule has 0 bridgehead atoms. The SMILES string of the molecule is CCN(CC)c1ccc(NC(=O)c2ccccc2OCCN(C)C)cn1. The summed E-state index contributed by atoms with van der Waals surface area (Å²) in [6, 6.07) is 11.1. The molecule has 26 heavy (non-hydrogen) atoms. The number of nitrogens with zero attached hydrogens (tertiary/aromatic N) is 3. The van der Waals surface area contributed by atoms with Crippen LogP contribution in [-0.4, -0.2) is 56.1 Å². The number of para-hydroxylation sites is 1. The van der Waals surface area contributed by atoms with Crippen LogP contribution in [0.3, 0.4) is 0 Å². The molecule has 6 nitrogen and oxygen atoms in total. The van der Waals surface area contributed by atoms with E-state index in [1.54, 1.807) is 12.3 Å². The fourth-order valence-corrected chi connectivity index (χ4v) is 2.51. The number of rotatable bonds is 9. The summed E-state index contributed by atoms with van der Waals surface area (Å²) in [5, 5.41) is 2.89. The quantitative estimate of drug-likeness (QED) is 0.748. The lowest BCUT2D eigenvalue weighted by molar-refractivity contribution is 0.102. The molecule has 0 saturated carbocycles. The van der Waals surface area contributed by atoms with E-state index in [4.69, 9.17) is 4.74 Å². The van der Waals surface area contributed by atoms with Crippen molar-refractivity contribution in [3.63, 3.8) is 0 Å². The van der Waals surface area contributed by atoms with Crippen molar-refractivity contribution >= 4 is 17.4 Å². The van der Waals surface area contributed by atoms with E-state index in [9.17, 15) is 4.79 Å². The predicted octanol–water partition coefficient (Wildman–Crippen LogP) is 3.12. The number of amides is 1. The van der Waals surface area contributed by atoms with E-state index in [2.05, 4.69) is 29.0 Å². The monoisotopic (exact) mass is 356 g/mol. The summed E-state index contributed by atoms with van der Waals surface area (Å²) >= 11 is 0. The van der Waals surface area contributed by atoms with Gasteiger partial charge in [-0.15, -0.1) is 0 Å². The number of carbonyl (C=O) groups excluding carboxylic acids is 1. The van der Waals surface area contributed by atoms with Gasteiger partial charge in [0.2, 0.25) is 0 Å². The second kappa shape index (κ2) is 9.77. The average Bonchev–Trinajstić information content (AvgIpc) is 2.64. The summed E-state index contributed by atoms with van der Waals surface area (Å²) in [7, 11) is 3.97. The molecule has 6 heteroatoms. The van der Waals surface area contributed by atoms with Crippen molar-refractivity contribution < 1.29 is 9.53 Å². The van der Waals surface area contributed by atoms with Crippen LogP contribution in [0.25, 0.3) is 0 Å². The Morgan fingerprint density at radius 1 is 1.12 bits per heavy atom. The minimum absolute atomic E-state index is 0.206. The van der Waals surface area contributed by atoms with Gasteiger partial charge in [0.1, 0.15) is 18.2 Å². The van der Waals surface area contributed by atoms with Crippen molar-refractivity contribution in [2.45, 2.75) is 13.8 Å². The maximum absolute atomic E-state index is 12.6. The van der Waals surface area contributed by atoms with Gasteiger partial charge >= 0.3 is 0 Å². The number of benzene rings is 1. The molecule has 0 aliphatic heterocycles. The Hall–Kier alpha value is -2.60. The van der Waals surface area contributed by atoms with Gasteiger partial charge in [-0.05, 0) is 52.2 Å². The summed E-state index contributed by atoms with van der Waals surface area (Å²) in [4.78, 5) is 21.2. The highest BCUT2D eigenvalue weighted by Gasteiger charge is 2.13. The molecule has 2 rings (SSSR count). The van der Waals surface area contributed by atoms with Gasteiger partial charge in [-0.25, -0.2) is 4.98 Å². The summed E-state index contributed by atoms with van der Waals surface area (Å²) in [6.45, 7) is 7.28. The van der Waals surface area contributed by atoms with Crippen molar-refractivity contribution in [2.24, 2.45) is 0 Å². The van der Waals surface area contributed by atoms with Gasteiger partial charge in [0.25, 0.3) is 5.91 Å². The summed E-state index contributed by atoms with van der Waals surface area (Å²) in [5.74, 6) is 1.28. The fourth-order valence-electron chi connectivity index (χ4n) is 2.51. The van der Waals surface area contributed by atoms with Crippen LogP contribution in [0.5, 0.6) is 5.75 Å². The van der Waals surface area contributed by atoms with E-state index >= 15 is 0 Å². The van der Waals surface area contributed by atoms with Gasteiger partial charge in [0.05, 0.1) is 17.4 Å². The van der Waals surface area contributed by atoms with Gasteiger partial charge in [-0.2, -0.15) is 0 Å². The van der Waals surface area contributed by atoms with Crippen LogP contribution in [0, 0.1) is 0 Å². The van der Waals surface area contributed by atoms with Crippen LogP contribution >= 0.6 is 0 Å². The minimum Gasteiger partial charge on any atom is -0.491 e. The van der Waals surface area contributed by atoms with Crippen molar-refractivity contribution in [3.8, 4) is 5.75 Å². The van der Waals surface area contributed by atoms with Crippen molar-refractivity contribution in [2.75, 3.05) is 50.6 Å². The van der Waals surface area contributed by atoms with Crippen molar-refractivity contribution in [3.05, 3.63) is 48.2 Å². The van der Waals surface area contributed by atoms with Gasteiger partial charge < -0.3 is 19.9 Å². The highest BCUT2D eigenvalue weighted by Crippen LogP contribution is 2.20. The van der Waals surface area contributed by atoms with Gasteiger partial charge in [-0.3, -0.25) is 4.79 Å².